The van der Waals surface area contributed by atoms with Gasteiger partial charge in [0.2, 0.25) is 0 Å². The second kappa shape index (κ2) is 4.20. The third-order valence-corrected chi connectivity index (χ3v) is 3.06. The van der Waals surface area contributed by atoms with Gasteiger partial charge in [-0.05, 0) is 45.4 Å². The van der Waals surface area contributed by atoms with Gasteiger partial charge in [0.1, 0.15) is 5.60 Å². The van der Waals surface area contributed by atoms with Crippen LogP contribution in [0.3, 0.4) is 0 Å². The lowest BCUT2D eigenvalue weighted by molar-refractivity contribution is -0.137. The first kappa shape index (κ1) is 13.8. The Bertz CT molecular complexity index is 299. The first-order chi connectivity index (χ1) is 7.64. The fourth-order valence-electron chi connectivity index (χ4n) is 2.95. The van der Waals surface area contributed by atoms with Gasteiger partial charge in [0.05, 0.1) is 0 Å². The average molecular weight is 243 g/mol. The van der Waals surface area contributed by atoms with E-state index >= 15 is 0 Å². The molecule has 3 aliphatic carbocycles. The number of nitrogens with one attached hydrogen (secondary N) is 1. The monoisotopic (exact) mass is 243 g/mol. The Morgan fingerprint density at radius 2 is 1.76 bits per heavy atom. The zero-order chi connectivity index (χ0) is 13.3. The van der Waals surface area contributed by atoms with Gasteiger partial charge in [0, 0.05) is 5.54 Å². The second-order valence-electron chi connectivity index (χ2n) is 6.35. The molecule has 0 aromatic rings. The molecule has 5 nitrogen and oxygen atoms in total. The lowest BCUT2D eigenvalue weighted by Crippen LogP contribution is -2.73. The number of ether oxygens (including phenoxy) is 1. The Kier molecular flexibility index (Phi) is 3.41. The summed E-state index contributed by atoms with van der Waals surface area (Å²) >= 11 is 0. The molecule has 0 aromatic heterocycles. The maximum atomic E-state index is 11.5. The number of rotatable bonds is 1. The van der Waals surface area contributed by atoms with E-state index in [1.165, 1.54) is 0 Å². The van der Waals surface area contributed by atoms with Gasteiger partial charge in [-0.3, -0.25) is 4.79 Å². The van der Waals surface area contributed by atoms with Crippen LogP contribution in [0, 0.1) is 5.41 Å². The maximum absolute atomic E-state index is 11.5. The molecular formula is C12H21NO4. The molecule has 2 bridgehead atoms. The number of carbonyl (C=O) groups excluding carboxylic acids is 1. The lowest BCUT2D eigenvalue weighted by Gasteiger charge is -2.69. The molecule has 3 fully saturated rings. The third kappa shape index (κ3) is 3.35. The van der Waals surface area contributed by atoms with Crippen LogP contribution in [0.15, 0.2) is 0 Å². The van der Waals surface area contributed by atoms with Crippen molar-refractivity contribution in [3.05, 3.63) is 0 Å². The molecule has 5 heteroatoms. The van der Waals surface area contributed by atoms with Crippen molar-refractivity contribution in [3.8, 4) is 0 Å². The van der Waals surface area contributed by atoms with Gasteiger partial charge in [-0.25, -0.2) is 4.79 Å². The topological polar surface area (TPSA) is 75.6 Å². The van der Waals surface area contributed by atoms with Crippen molar-refractivity contribution in [1.29, 1.82) is 0 Å². The molecule has 0 unspecified atom stereocenters. The Balaban J connectivity index is 0.000000437. The summed E-state index contributed by atoms with van der Waals surface area (Å²) in [6.45, 7) is 7.67. The van der Waals surface area contributed by atoms with Gasteiger partial charge in [0.15, 0.2) is 0 Å². The zero-order valence-corrected chi connectivity index (χ0v) is 10.9. The maximum Gasteiger partial charge on any atom is 0.408 e. The number of amides is 1. The number of alkyl carbamates (subject to hydrolysis) is 1. The van der Waals surface area contributed by atoms with Crippen molar-refractivity contribution in [2.45, 2.75) is 58.1 Å². The van der Waals surface area contributed by atoms with E-state index in [0.717, 1.165) is 19.3 Å². The van der Waals surface area contributed by atoms with Gasteiger partial charge in [-0.2, -0.15) is 0 Å². The van der Waals surface area contributed by atoms with Crippen LogP contribution >= 0.6 is 0 Å². The second-order valence-corrected chi connectivity index (χ2v) is 6.35. The van der Waals surface area contributed by atoms with E-state index in [-0.39, 0.29) is 18.1 Å². The summed E-state index contributed by atoms with van der Waals surface area (Å²) in [6, 6.07) is 0. The van der Waals surface area contributed by atoms with Crippen molar-refractivity contribution in [3.63, 3.8) is 0 Å². The summed E-state index contributed by atoms with van der Waals surface area (Å²) in [4.78, 5) is 19.8. The minimum absolute atomic E-state index is 0.0943. The Hall–Kier alpha value is -1.26. The van der Waals surface area contributed by atoms with Crippen LogP contribution in [0.2, 0.25) is 0 Å². The summed E-state index contributed by atoms with van der Waals surface area (Å²) in [5.41, 5.74) is 0.226. The molecule has 17 heavy (non-hydrogen) atoms. The van der Waals surface area contributed by atoms with Crippen LogP contribution in [-0.2, 0) is 9.53 Å². The van der Waals surface area contributed by atoms with Crippen LogP contribution in [0.25, 0.3) is 0 Å². The van der Waals surface area contributed by atoms with Gasteiger partial charge >= 0.3 is 6.09 Å². The van der Waals surface area contributed by atoms with E-state index in [0.29, 0.717) is 5.41 Å². The highest BCUT2D eigenvalue weighted by molar-refractivity contribution is 5.69. The third-order valence-electron chi connectivity index (χ3n) is 3.06. The van der Waals surface area contributed by atoms with Gasteiger partial charge in [-0.15, -0.1) is 0 Å². The van der Waals surface area contributed by atoms with Crippen LogP contribution in [0.5, 0.6) is 0 Å². The number of hydrogen-bond acceptors (Lipinski definition) is 3. The van der Waals surface area contributed by atoms with Crippen LogP contribution in [0.4, 0.5) is 4.79 Å². The van der Waals surface area contributed by atoms with Crippen molar-refractivity contribution in [2.75, 3.05) is 0 Å². The largest absolute Gasteiger partial charge is 0.483 e. The lowest BCUT2D eigenvalue weighted by atomic mass is 9.40. The summed E-state index contributed by atoms with van der Waals surface area (Å²) < 4.78 is 5.22. The fraction of sp³-hybridized carbons (Fsp3) is 0.833. The Morgan fingerprint density at radius 3 is 2.06 bits per heavy atom. The number of hydrogen-bond donors (Lipinski definition) is 2. The van der Waals surface area contributed by atoms with E-state index in [1.54, 1.807) is 0 Å². The SMILES string of the molecule is CC12CC(NC(=O)OC(C)(C)C)(C1)C2.O=CO. The molecule has 98 valence electrons. The molecule has 3 aliphatic rings. The Morgan fingerprint density at radius 1 is 1.35 bits per heavy atom. The molecule has 0 heterocycles. The average Bonchev–Trinajstić information content (AvgIpc) is 1.96. The summed E-state index contributed by atoms with van der Waals surface area (Å²) in [5, 5.41) is 9.87. The Labute approximate surface area is 102 Å². The smallest absolute Gasteiger partial charge is 0.408 e. The van der Waals surface area contributed by atoms with Crippen molar-refractivity contribution < 1.29 is 19.4 Å². The predicted molar refractivity (Wildman–Crippen MR) is 62.8 cm³/mol. The summed E-state index contributed by atoms with van der Waals surface area (Å²) in [7, 11) is 0. The van der Waals surface area contributed by atoms with Crippen molar-refractivity contribution in [2.24, 2.45) is 5.41 Å². The molecule has 3 rings (SSSR count). The molecule has 0 aromatic carbocycles. The van der Waals surface area contributed by atoms with E-state index in [2.05, 4.69) is 12.2 Å². The van der Waals surface area contributed by atoms with E-state index in [4.69, 9.17) is 14.6 Å². The predicted octanol–water partition coefficient (Wildman–Crippen LogP) is 2.15. The zero-order valence-electron chi connectivity index (χ0n) is 10.9. The van der Waals surface area contributed by atoms with Crippen LogP contribution < -0.4 is 5.32 Å². The molecule has 2 N–H and O–H groups in total. The van der Waals surface area contributed by atoms with E-state index in [1.807, 2.05) is 20.8 Å². The van der Waals surface area contributed by atoms with E-state index < -0.39 is 5.60 Å². The number of carboxylic acid groups (broad SMARTS) is 1. The van der Waals surface area contributed by atoms with Crippen LogP contribution in [-0.4, -0.2) is 28.8 Å². The highest BCUT2D eigenvalue weighted by atomic mass is 16.6. The van der Waals surface area contributed by atoms with Gasteiger partial charge in [-0.1, -0.05) is 6.92 Å². The molecule has 1 amide bonds. The molecular weight excluding hydrogens is 222 g/mol. The molecule has 0 radical (unpaired) electrons. The summed E-state index contributed by atoms with van der Waals surface area (Å²) in [6.07, 6.45) is 3.11. The molecule has 0 saturated heterocycles. The first-order valence-electron chi connectivity index (χ1n) is 5.73. The molecule has 3 saturated carbocycles. The molecule has 0 atom stereocenters. The highest BCUT2D eigenvalue weighted by Gasteiger charge is 2.65. The normalized spacial score (nSPS) is 33.2. The fourth-order valence-corrected chi connectivity index (χ4v) is 2.95. The summed E-state index contributed by atoms with van der Waals surface area (Å²) in [5.74, 6) is 0. The van der Waals surface area contributed by atoms with E-state index in [9.17, 15) is 4.79 Å². The van der Waals surface area contributed by atoms with Gasteiger partial charge in [0.25, 0.3) is 6.47 Å². The standard InChI is InChI=1S/C11H19NO2.CH2O2/c1-9(2,3)14-8(13)12-11-5-10(4,6-11)7-11;2-1-3/h5-7H2,1-4H3,(H,12,13);1H,(H,2,3). The van der Waals surface area contributed by atoms with Crippen molar-refractivity contribution in [1.82, 2.24) is 5.32 Å². The highest BCUT2D eigenvalue weighted by Crippen LogP contribution is 2.66. The van der Waals surface area contributed by atoms with Crippen molar-refractivity contribution >= 4 is 12.6 Å². The quantitative estimate of drug-likeness (QED) is 0.692. The first-order valence-corrected chi connectivity index (χ1v) is 5.73. The van der Waals surface area contributed by atoms with Gasteiger partial charge < -0.3 is 15.2 Å². The molecule has 0 spiro atoms. The molecule has 0 aliphatic heterocycles. The number of carbonyl (C=O) groups is 2. The van der Waals surface area contributed by atoms with Crippen LogP contribution in [0.1, 0.15) is 47.0 Å². The minimum Gasteiger partial charge on any atom is -0.483 e. The minimum atomic E-state index is -0.391.